The fraction of sp³-hybridized carbons (Fsp3) is 0.188. The zero-order chi connectivity index (χ0) is 31.3. The predicted molar refractivity (Wildman–Crippen MR) is 162 cm³/mol. The number of anilines is 2. The van der Waals surface area contributed by atoms with Crippen LogP contribution < -0.4 is 14.4 Å². The van der Waals surface area contributed by atoms with Gasteiger partial charge in [0, 0.05) is 5.69 Å². The molecule has 1 saturated heterocycles. The lowest BCUT2D eigenvalue weighted by molar-refractivity contribution is -0.127. The monoisotopic (exact) mass is 619 g/mol. The summed E-state index contributed by atoms with van der Waals surface area (Å²) in [5.74, 6) is -1.79. The number of nitrogens with one attached hydrogen (secondary N) is 1. The molecule has 12 heteroatoms. The number of ether oxygens (including phenoxy) is 2. The van der Waals surface area contributed by atoms with E-state index in [1.54, 1.807) is 42.5 Å². The summed E-state index contributed by atoms with van der Waals surface area (Å²) in [6.07, 6.45) is -1.13. The van der Waals surface area contributed by atoms with Gasteiger partial charge in [-0.15, -0.1) is 0 Å². The van der Waals surface area contributed by atoms with Gasteiger partial charge in [0.25, 0.3) is 5.91 Å². The fourth-order valence-corrected chi connectivity index (χ4v) is 6.24. The van der Waals surface area contributed by atoms with Gasteiger partial charge in [0.1, 0.15) is 31.3 Å². The molecule has 0 aromatic heterocycles. The molecule has 0 radical (unpaired) electrons. The van der Waals surface area contributed by atoms with Gasteiger partial charge in [-0.25, -0.2) is 13.5 Å². The molecule has 0 unspecified atom stereocenters. The van der Waals surface area contributed by atoms with E-state index in [4.69, 9.17) is 9.47 Å². The highest BCUT2D eigenvalue weighted by Crippen LogP contribution is 2.39. The van der Waals surface area contributed by atoms with Crippen LogP contribution in [0.5, 0.6) is 5.75 Å². The summed E-state index contributed by atoms with van der Waals surface area (Å²) in [5, 5.41) is 11.6. The minimum absolute atomic E-state index is 0.00117. The van der Waals surface area contributed by atoms with Crippen molar-refractivity contribution in [2.45, 2.75) is 26.6 Å². The molecule has 10 nitrogen and oxygen atoms in total. The third-order valence-electron chi connectivity index (χ3n) is 6.91. The lowest BCUT2D eigenvalue weighted by Gasteiger charge is -2.23. The van der Waals surface area contributed by atoms with Crippen LogP contribution in [0.2, 0.25) is 0 Å². The van der Waals surface area contributed by atoms with Crippen molar-refractivity contribution >= 4 is 33.6 Å². The largest absolute Gasteiger partial charge is 0.487 e. The average molecular weight is 620 g/mol. The molecule has 1 heterocycles. The van der Waals surface area contributed by atoms with Gasteiger partial charge in [0.2, 0.25) is 0 Å². The first-order chi connectivity index (χ1) is 21.1. The van der Waals surface area contributed by atoms with Crippen molar-refractivity contribution in [2.75, 3.05) is 22.9 Å². The first-order valence-corrected chi connectivity index (χ1v) is 15.0. The van der Waals surface area contributed by atoms with Crippen LogP contribution in [0.3, 0.4) is 0 Å². The van der Waals surface area contributed by atoms with Crippen LogP contribution in [0.25, 0.3) is 0 Å². The Labute approximate surface area is 254 Å². The Morgan fingerprint density at radius 3 is 2.25 bits per heavy atom. The van der Waals surface area contributed by atoms with E-state index in [0.29, 0.717) is 25.4 Å². The normalized spacial score (nSPS) is 14.1. The number of nitrogens with zero attached hydrogens (tertiary/aromatic N) is 2. The standard InChI is InChI=1S/C32H30FN3O7S/c1-22-12-13-26(28(14-22)34-32(38)39)15-25-16-27(33)31(29(17-25)43-20-24-10-6-3-7-11-24)35-18-30(37)36(44(35,40)41)21-42-19-23-8-4-2-5-9-23/h2-14,16-17,34H,15,18-21H2,1H3,(H,38,39). The van der Waals surface area contributed by atoms with E-state index in [9.17, 15) is 23.1 Å². The van der Waals surface area contributed by atoms with Crippen LogP contribution in [0.4, 0.5) is 20.6 Å². The van der Waals surface area contributed by atoms with Crippen LogP contribution in [0.15, 0.2) is 91.0 Å². The number of aryl methyl sites for hydroxylation is 1. The second-order valence-corrected chi connectivity index (χ2v) is 12.0. The molecule has 4 aromatic rings. The summed E-state index contributed by atoms with van der Waals surface area (Å²) in [6, 6.07) is 26.0. The van der Waals surface area contributed by atoms with Crippen molar-refractivity contribution in [3.63, 3.8) is 0 Å². The van der Waals surface area contributed by atoms with Crippen LogP contribution in [0.1, 0.15) is 27.8 Å². The Hall–Kier alpha value is -4.94. The molecule has 1 aliphatic rings. The van der Waals surface area contributed by atoms with E-state index < -0.39 is 47.0 Å². The third-order valence-corrected chi connectivity index (χ3v) is 8.65. The maximum absolute atomic E-state index is 16.0. The highest BCUT2D eigenvalue weighted by Gasteiger charge is 2.45. The second-order valence-electron chi connectivity index (χ2n) is 10.2. The lowest BCUT2D eigenvalue weighted by Crippen LogP contribution is -2.36. The van der Waals surface area contributed by atoms with Crippen molar-refractivity contribution in [2.24, 2.45) is 0 Å². The fourth-order valence-electron chi connectivity index (χ4n) is 4.80. The predicted octanol–water partition coefficient (Wildman–Crippen LogP) is 5.46. The quantitative estimate of drug-likeness (QED) is 0.228. The molecule has 0 bridgehead atoms. The molecule has 1 fully saturated rings. The van der Waals surface area contributed by atoms with Gasteiger partial charge in [0.05, 0.1) is 6.61 Å². The number of carbonyl (C=O) groups excluding carboxylic acids is 1. The van der Waals surface area contributed by atoms with Crippen LogP contribution >= 0.6 is 0 Å². The first kappa shape index (κ1) is 30.5. The summed E-state index contributed by atoms with van der Waals surface area (Å²) < 4.78 is 55.8. The lowest BCUT2D eigenvalue weighted by atomic mass is 10.0. The Morgan fingerprint density at radius 2 is 1.59 bits per heavy atom. The Balaban J connectivity index is 1.46. The minimum Gasteiger partial charge on any atom is -0.487 e. The van der Waals surface area contributed by atoms with Crippen LogP contribution in [-0.2, 0) is 39.4 Å². The van der Waals surface area contributed by atoms with E-state index in [2.05, 4.69) is 5.32 Å². The minimum atomic E-state index is -4.51. The first-order valence-electron chi connectivity index (χ1n) is 13.7. The molecule has 0 atom stereocenters. The van der Waals surface area contributed by atoms with Crippen molar-refractivity contribution in [1.29, 1.82) is 0 Å². The number of hydrogen-bond donors (Lipinski definition) is 2. The molecule has 1 aliphatic heterocycles. The van der Waals surface area contributed by atoms with E-state index in [1.807, 2.05) is 43.3 Å². The van der Waals surface area contributed by atoms with E-state index in [1.165, 1.54) is 6.07 Å². The third kappa shape index (κ3) is 6.99. The van der Waals surface area contributed by atoms with Gasteiger partial charge < -0.3 is 14.6 Å². The number of rotatable bonds is 11. The molecule has 0 saturated carbocycles. The zero-order valence-corrected chi connectivity index (χ0v) is 24.6. The van der Waals surface area contributed by atoms with E-state index in [-0.39, 0.29) is 25.4 Å². The van der Waals surface area contributed by atoms with Gasteiger partial charge in [-0.2, -0.15) is 12.7 Å². The molecule has 44 heavy (non-hydrogen) atoms. The number of carbonyl (C=O) groups is 2. The molecular weight excluding hydrogens is 589 g/mol. The highest BCUT2D eigenvalue weighted by molar-refractivity contribution is 7.91. The highest BCUT2D eigenvalue weighted by atomic mass is 32.2. The Bertz CT molecular complexity index is 1770. The summed E-state index contributed by atoms with van der Waals surface area (Å²) in [7, 11) is -4.51. The summed E-state index contributed by atoms with van der Waals surface area (Å²) in [4.78, 5) is 24.2. The van der Waals surface area contributed by atoms with Gasteiger partial charge in [0.15, 0.2) is 5.82 Å². The number of amides is 2. The van der Waals surface area contributed by atoms with Crippen molar-refractivity contribution < 1.29 is 37.0 Å². The van der Waals surface area contributed by atoms with Crippen molar-refractivity contribution in [1.82, 2.24) is 4.31 Å². The SMILES string of the molecule is Cc1ccc(Cc2cc(F)c(N3CC(=O)N(COCc4ccccc4)S3(=O)=O)c(OCc3ccccc3)c2)c(NC(=O)O)c1. The Morgan fingerprint density at radius 1 is 0.932 bits per heavy atom. The smallest absolute Gasteiger partial charge is 0.409 e. The van der Waals surface area contributed by atoms with Crippen LogP contribution in [-0.4, -0.2) is 43.1 Å². The number of hydrogen-bond acceptors (Lipinski definition) is 6. The van der Waals surface area contributed by atoms with Gasteiger partial charge in [-0.1, -0.05) is 72.8 Å². The Kier molecular flexibility index (Phi) is 9.12. The molecule has 0 spiro atoms. The molecule has 2 N–H and O–H groups in total. The van der Waals surface area contributed by atoms with Crippen molar-refractivity contribution in [3.8, 4) is 5.75 Å². The molecule has 2 amide bonds. The number of benzene rings is 4. The van der Waals surface area contributed by atoms with Crippen molar-refractivity contribution in [3.05, 3.63) is 125 Å². The second kappa shape index (κ2) is 13.1. The molecular formula is C32H30FN3O7S. The summed E-state index contributed by atoms with van der Waals surface area (Å²) >= 11 is 0. The molecule has 0 aliphatic carbocycles. The van der Waals surface area contributed by atoms with Gasteiger partial charge in [-0.05, 0) is 59.4 Å². The molecule has 5 rings (SSSR count). The van der Waals surface area contributed by atoms with Gasteiger partial charge >= 0.3 is 16.3 Å². The van der Waals surface area contributed by atoms with E-state index in [0.717, 1.165) is 22.8 Å². The zero-order valence-electron chi connectivity index (χ0n) is 23.8. The van der Waals surface area contributed by atoms with E-state index >= 15 is 4.39 Å². The van der Waals surface area contributed by atoms with Crippen LogP contribution in [0, 0.1) is 12.7 Å². The number of carboxylic acid groups (broad SMARTS) is 1. The van der Waals surface area contributed by atoms with Gasteiger partial charge in [-0.3, -0.25) is 10.1 Å². The topological polar surface area (TPSA) is 125 Å². The maximum Gasteiger partial charge on any atom is 0.409 e. The average Bonchev–Trinajstić information content (AvgIpc) is 3.21. The maximum atomic E-state index is 16.0. The molecule has 228 valence electrons. The molecule has 4 aromatic carbocycles. The summed E-state index contributed by atoms with van der Waals surface area (Å²) in [6.45, 7) is 0.707. The summed E-state index contributed by atoms with van der Waals surface area (Å²) in [5.41, 5.74) is 3.28. The number of halogens is 1.